The second kappa shape index (κ2) is 8.61. The summed E-state index contributed by atoms with van der Waals surface area (Å²) in [7, 11) is 0. The molecule has 1 N–H and O–H groups in total. The third-order valence-corrected chi connectivity index (χ3v) is 5.04. The largest absolute Gasteiger partial charge is 0.484 e. The van der Waals surface area contributed by atoms with Crippen molar-refractivity contribution >= 4 is 23.2 Å². The van der Waals surface area contributed by atoms with Gasteiger partial charge in [0.1, 0.15) is 17.4 Å². The van der Waals surface area contributed by atoms with Crippen molar-refractivity contribution in [3.05, 3.63) is 59.1 Å². The summed E-state index contributed by atoms with van der Waals surface area (Å²) in [5, 5.41) is 11.7. The van der Waals surface area contributed by atoms with Crippen LogP contribution in [0.25, 0.3) is 11.4 Å². The van der Waals surface area contributed by atoms with Crippen LogP contribution in [-0.4, -0.2) is 27.3 Å². The molecular weight excluding hydrogens is 395 g/mol. The molecule has 0 unspecified atom stereocenters. The molecule has 1 aliphatic heterocycles. The van der Waals surface area contributed by atoms with Gasteiger partial charge in [0, 0.05) is 23.6 Å². The molecule has 3 aromatic rings. The number of fused-ring (bicyclic) bond motifs is 1. The molecule has 2 aromatic carbocycles. The van der Waals surface area contributed by atoms with Crippen molar-refractivity contribution in [1.82, 2.24) is 14.8 Å². The summed E-state index contributed by atoms with van der Waals surface area (Å²) in [4.78, 5) is 12.2. The average Bonchev–Trinajstić information content (AvgIpc) is 2.97. The van der Waals surface area contributed by atoms with E-state index in [1.54, 1.807) is 36.4 Å². The van der Waals surface area contributed by atoms with Gasteiger partial charge in [-0.25, -0.2) is 4.39 Å². The molecule has 8 heteroatoms. The van der Waals surface area contributed by atoms with Gasteiger partial charge in [-0.05, 0) is 55.3 Å². The standard InChI is InChI=1S/C21H20ClFN4O2/c22-15-6-8-16(9-7-15)29-13-20(28)24-18-12-14(5-10-17(18)23)21-26-25-19-4-2-1-3-11-27(19)21/h5-10,12H,1-4,11,13H2,(H,24,28). The number of rotatable bonds is 5. The van der Waals surface area contributed by atoms with Gasteiger partial charge >= 0.3 is 0 Å². The van der Waals surface area contributed by atoms with Crippen molar-refractivity contribution in [3.8, 4) is 17.1 Å². The highest BCUT2D eigenvalue weighted by atomic mass is 35.5. The summed E-state index contributed by atoms with van der Waals surface area (Å²) in [6.07, 6.45) is 4.20. The van der Waals surface area contributed by atoms with E-state index < -0.39 is 11.7 Å². The van der Waals surface area contributed by atoms with Crippen LogP contribution in [-0.2, 0) is 17.8 Å². The molecule has 0 bridgehead atoms. The topological polar surface area (TPSA) is 69.0 Å². The van der Waals surface area contributed by atoms with E-state index in [1.165, 1.54) is 6.07 Å². The molecule has 0 radical (unpaired) electrons. The van der Waals surface area contributed by atoms with Gasteiger partial charge in [-0.2, -0.15) is 0 Å². The summed E-state index contributed by atoms with van der Waals surface area (Å²) >= 11 is 5.82. The van der Waals surface area contributed by atoms with E-state index in [0.717, 1.165) is 38.1 Å². The van der Waals surface area contributed by atoms with Gasteiger partial charge in [0.2, 0.25) is 0 Å². The number of ether oxygens (including phenoxy) is 1. The predicted molar refractivity (Wildman–Crippen MR) is 109 cm³/mol. The average molecular weight is 415 g/mol. The van der Waals surface area contributed by atoms with E-state index in [-0.39, 0.29) is 12.3 Å². The fraction of sp³-hybridized carbons (Fsp3) is 0.286. The highest BCUT2D eigenvalue weighted by Gasteiger charge is 2.17. The Morgan fingerprint density at radius 3 is 2.79 bits per heavy atom. The van der Waals surface area contributed by atoms with E-state index in [1.807, 2.05) is 0 Å². The lowest BCUT2D eigenvalue weighted by molar-refractivity contribution is -0.118. The molecule has 0 atom stereocenters. The van der Waals surface area contributed by atoms with Gasteiger partial charge in [0.25, 0.3) is 5.91 Å². The molecule has 1 amide bonds. The molecule has 2 heterocycles. The van der Waals surface area contributed by atoms with Gasteiger partial charge < -0.3 is 14.6 Å². The number of hydrogen-bond donors (Lipinski definition) is 1. The van der Waals surface area contributed by atoms with Gasteiger partial charge in [-0.3, -0.25) is 4.79 Å². The van der Waals surface area contributed by atoms with E-state index >= 15 is 0 Å². The first-order chi connectivity index (χ1) is 14.1. The van der Waals surface area contributed by atoms with Gasteiger partial charge in [-0.1, -0.05) is 18.0 Å². The van der Waals surface area contributed by atoms with Crippen LogP contribution in [0.3, 0.4) is 0 Å². The molecule has 0 saturated carbocycles. The summed E-state index contributed by atoms with van der Waals surface area (Å²) in [5.41, 5.74) is 0.791. The maximum Gasteiger partial charge on any atom is 0.262 e. The van der Waals surface area contributed by atoms with Crippen molar-refractivity contribution in [2.45, 2.75) is 32.2 Å². The molecule has 0 spiro atoms. The number of aryl methyl sites for hydroxylation is 1. The molecule has 1 aromatic heterocycles. The molecular formula is C21H20ClFN4O2. The van der Waals surface area contributed by atoms with Crippen LogP contribution in [0, 0.1) is 5.82 Å². The maximum absolute atomic E-state index is 14.3. The van der Waals surface area contributed by atoms with Crippen molar-refractivity contribution < 1.29 is 13.9 Å². The molecule has 0 saturated heterocycles. The van der Waals surface area contributed by atoms with Crippen LogP contribution in [0.15, 0.2) is 42.5 Å². The Labute approximate surface area is 172 Å². The van der Waals surface area contributed by atoms with Crippen molar-refractivity contribution in [1.29, 1.82) is 0 Å². The monoisotopic (exact) mass is 414 g/mol. The Morgan fingerprint density at radius 2 is 1.97 bits per heavy atom. The molecule has 1 aliphatic rings. The second-order valence-electron chi connectivity index (χ2n) is 6.89. The van der Waals surface area contributed by atoms with Crippen LogP contribution in [0.2, 0.25) is 5.02 Å². The van der Waals surface area contributed by atoms with Gasteiger partial charge in [0.05, 0.1) is 5.69 Å². The van der Waals surface area contributed by atoms with Crippen LogP contribution in [0.5, 0.6) is 5.75 Å². The predicted octanol–water partition coefficient (Wildman–Crippen LogP) is 4.48. The molecule has 4 rings (SSSR count). The quantitative estimate of drug-likeness (QED) is 0.668. The highest BCUT2D eigenvalue weighted by Crippen LogP contribution is 2.26. The summed E-state index contributed by atoms with van der Waals surface area (Å²) in [6.45, 7) is 0.595. The molecule has 150 valence electrons. The Hall–Kier alpha value is -2.93. The molecule has 0 aliphatic carbocycles. The SMILES string of the molecule is O=C(COc1ccc(Cl)cc1)Nc1cc(-c2nnc3n2CCCCC3)ccc1F. The minimum Gasteiger partial charge on any atom is -0.484 e. The molecule has 29 heavy (non-hydrogen) atoms. The number of anilines is 1. The third-order valence-electron chi connectivity index (χ3n) is 4.79. The number of carbonyl (C=O) groups excluding carboxylic acids is 1. The molecule has 6 nitrogen and oxygen atoms in total. The fourth-order valence-electron chi connectivity index (χ4n) is 3.32. The minimum atomic E-state index is -0.524. The van der Waals surface area contributed by atoms with Crippen LogP contribution in [0.4, 0.5) is 10.1 Å². The maximum atomic E-state index is 14.3. The van der Waals surface area contributed by atoms with Crippen LogP contribution >= 0.6 is 11.6 Å². The van der Waals surface area contributed by atoms with E-state index in [2.05, 4.69) is 20.1 Å². The zero-order valence-electron chi connectivity index (χ0n) is 15.7. The summed E-state index contributed by atoms with van der Waals surface area (Å²) in [6, 6.07) is 11.2. The summed E-state index contributed by atoms with van der Waals surface area (Å²) in [5.74, 6) is 1.16. The van der Waals surface area contributed by atoms with Crippen LogP contribution < -0.4 is 10.1 Å². The number of nitrogens with zero attached hydrogens (tertiary/aromatic N) is 3. The lowest BCUT2D eigenvalue weighted by Crippen LogP contribution is -2.20. The number of amides is 1. The number of carbonyl (C=O) groups is 1. The van der Waals surface area contributed by atoms with Gasteiger partial charge in [0.15, 0.2) is 12.4 Å². The number of benzene rings is 2. The fourth-order valence-corrected chi connectivity index (χ4v) is 3.45. The van der Waals surface area contributed by atoms with Crippen molar-refractivity contribution in [2.24, 2.45) is 0 Å². The summed E-state index contributed by atoms with van der Waals surface area (Å²) < 4.78 is 21.8. The van der Waals surface area contributed by atoms with E-state index in [9.17, 15) is 9.18 Å². The zero-order valence-corrected chi connectivity index (χ0v) is 16.5. The zero-order chi connectivity index (χ0) is 20.2. The Balaban J connectivity index is 1.48. The van der Waals surface area contributed by atoms with Gasteiger partial charge in [-0.15, -0.1) is 10.2 Å². The van der Waals surface area contributed by atoms with Crippen molar-refractivity contribution in [2.75, 3.05) is 11.9 Å². The van der Waals surface area contributed by atoms with Crippen molar-refractivity contribution in [3.63, 3.8) is 0 Å². The first kappa shape index (κ1) is 19.4. The molecule has 0 fully saturated rings. The number of nitrogens with one attached hydrogen (secondary N) is 1. The number of aromatic nitrogens is 3. The third kappa shape index (κ3) is 4.56. The Kier molecular flexibility index (Phi) is 5.76. The first-order valence-electron chi connectivity index (χ1n) is 9.50. The minimum absolute atomic E-state index is 0.0816. The Morgan fingerprint density at radius 1 is 1.14 bits per heavy atom. The first-order valence-corrected chi connectivity index (χ1v) is 9.88. The van der Waals surface area contributed by atoms with Crippen LogP contribution in [0.1, 0.15) is 25.1 Å². The second-order valence-corrected chi connectivity index (χ2v) is 7.32. The lowest BCUT2D eigenvalue weighted by atomic mass is 10.1. The van der Waals surface area contributed by atoms with E-state index in [0.29, 0.717) is 22.2 Å². The lowest BCUT2D eigenvalue weighted by Gasteiger charge is -2.11. The smallest absolute Gasteiger partial charge is 0.262 e. The number of hydrogen-bond acceptors (Lipinski definition) is 4. The van der Waals surface area contributed by atoms with E-state index in [4.69, 9.17) is 16.3 Å². The Bertz CT molecular complexity index is 1020. The highest BCUT2D eigenvalue weighted by molar-refractivity contribution is 6.30. The number of halogens is 2. The normalized spacial score (nSPS) is 13.4.